The Balaban J connectivity index is 1.17. The van der Waals surface area contributed by atoms with E-state index in [-0.39, 0.29) is 0 Å². The number of H-pyrrole nitrogens is 1. The Morgan fingerprint density at radius 1 is 0.964 bits per heavy atom. The van der Waals surface area contributed by atoms with Gasteiger partial charge in [0.2, 0.25) is 0 Å². The van der Waals surface area contributed by atoms with Gasteiger partial charge in [-0.1, -0.05) is 23.7 Å². The monoisotopic (exact) mass is 395 g/mol. The molecule has 2 aliphatic rings. The predicted octanol–water partition coefficient (Wildman–Crippen LogP) is 4.35. The summed E-state index contributed by atoms with van der Waals surface area (Å²) in [4.78, 5) is 17.1. The van der Waals surface area contributed by atoms with Crippen molar-refractivity contribution in [3.63, 3.8) is 0 Å². The number of rotatable bonds is 4. The zero-order valence-electron chi connectivity index (χ0n) is 16.0. The third-order valence-electron chi connectivity index (χ3n) is 6.47. The first-order chi connectivity index (χ1) is 13.8. The molecule has 1 unspecified atom stereocenters. The van der Waals surface area contributed by atoms with Crippen LogP contribution >= 0.6 is 11.6 Å². The number of nitrogens with zero attached hydrogens (tertiary/aromatic N) is 4. The fourth-order valence-corrected chi connectivity index (χ4v) is 5.06. The average Bonchev–Trinajstić information content (AvgIpc) is 3.39. The van der Waals surface area contributed by atoms with Crippen LogP contribution in [-0.2, 0) is 6.54 Å². The number of halogens is 1. The number of piperidine rings is 1. The van der Waals surface area contributed by atoms with Crippen molar-refractivity contribution in [1.82, 2.24) is 19.9 Å². The summed E-state index contributed by atoms with van der Waals surface area (Å²) in [7, 11) is 0. The first-order valence-electron chi connectivity index (χ1n) is 10.3. The van der Waals surface area contributed by atoms with E-state index in [0.717, 1.165) is 53.3 Å². The molecule has 0 saturated carbocycles. The summed E-state index contributed by atoms with van der Waals surface area (Å²) >= 11 is 6.01. The van der Waals surface area contributed by atoms with E-state index in [4.69, 9.17) is 11.6 Å². The SMILES string of the molecule is Clc1ccc(CN2CCC(C3CCN(c4ncnc5[nH]ccc45)CC3)C2)cc1. The lowest BCUT2D eigenvalue weighted by atomic mass is 9.83. The number of likely N-dealkylation sites (tertiary alicyclic amines) is 1. The van der Waals surface area contributed by atoms with Gasteiger partial charge in [0.1, 0.15) is 17.8 Å². The van der Waals surface area contributed by atoms with Crippen LogP contribution in [0.15, 0.2) is 42.9 Å². The molecule has 5 rings (SSSR count). The van der Waals surface area contributed by atoms with Crippen LogP contribution in [0.3, 0.4) is 0 Å². The van der Waals surface area contributed by atoms with Crippen LogP contribution in [0.25, 0.3) is 11.0 Å². The molecule has 2 fully saturated rings. The van der Waals surface area contributed by atoms with Crippen LogP contribution < -0.4 is 4.90 Å². The number of hydrogen-bond donors (Lipinski definition) is 1. The third kappa shape index (κ3) is 3.61. The number of aromatic amines is 1. The van der Waals surface area contributed by atoms with Gasteiger partial charge in [0.25, 0.3) is 0 Å². The van der Waals surface area contributed by atoms with E-state index >= 15 is 0 Å². The molecule has 1 aromatic carbocycles. The van der Waals surface area contributed by atoms with Crippen molar-refractivity contribution in [2.24, 2.45) is 11.8 Å². The summed E-state index contributed by atoms with van der Waals surface area (Å²) in [5, 5.41) is 1.95. The number of nitrogens with one attached hydrogen (secondary N) is 1. The fraction of sp³-hybridized carbons (Fsp3) is 0.455. The van der Waals surface area contributed by atoms with E-state index in [1.807, 2.05) is 18.3 Å². The lowest BCUT2D eigenvalue weighted by molar-refractivity contribution is 0.252. The van der Waals surface area contributed by atoms with E-state index in [2.05, 4.69) is 43.0 Å². The summed E-state index contributed by atoms with van der Waals surface area (Å²) in [6.45, 7) is 5.66. The first kappa shape index (κ1) is 18.0. The maximum atomic E-state index is 6.01. The Kier molecular flexibility index (Phi) is 4.95. The van der Waals surface area contributed by atoms with Crippen molar-refractivity contribution in [3.05, 3.63) is 53.4 Å². The molecule has 0 aliphatic carbocycles. The smallest absolute Gasteiger partial charge is 0.142 e. The number of aromatic nitrogens is 3. The van der Waals surface area contributed by atoms with Gasteiger partial charge in [0.15, 0.2) is 0 Å². The van der Waals surface area contributed by atoms with Gasteiger partial charge in [0.05, 0.1) is 5.39 Å². The maximum absolute atomic E-state index is 6.01. The fourth-order valence-electron chi connectivity index (χ4n) is 4.93. The number of hydrogen-bond acceptors (Lipinski definition) is 4. The molecular formula is C22H26ClN5. The van der Waals surface area contributed by atoms with Gasteiger partial charge in [0, 0.05) is 37.4 Å². The third-order valence-corrected chi connectivity index (χ3v) is 6.72. The van der Waals surface area contributed by atoms with Crippen molar-refractivity contribution in [1.29, 1.82) is 0 Å². The van der Waals surface area contributed by atoms with Gasteiger partial charge in [-0.2, -0.15) is 0 Å². The Morgan fingerprint density at radius 2 is 1.75 bits per heavy atom. The van der Waals surface area contributed by atoms with Gasteiger partial charge in [-0.15, -0.1) is 0 Å². The van der Waals surface area contributed by atoms with E-state index in [9.17, 15) is 0 Å². The molecule has 0 amide bonds. The van der Waals surface area contributed by atoms with Gasteiger partial charge in [-0.25, -0.2) is 9.97 Å². The zero-order valence-corrected chi connectivity index (χ0v) is 16.8. The summed E-state index contributed by atoms with van der Waals surface area (Å²) in [5.41, 5.74) is 2.29. The minimum absolute atomic E-state index is 0.815. The van der Waals surface area contributed by atoms with Crippen LogP contribution in [0.5, 0.6) is 0 Å². The first-order valence-corrected chi connectivity index (χ1v) is 10.6. The highest BCUT2D eigenvalue weighted by Gasteiger charge is 2.32. The number of anilines is 1. The summed E-state index contributed by atoms with van der Waals surface area (Å²) in [5.74, 6) is 2.74. The maximum Gasteiger partial charge on any atom is 0.142 e. The van der Waals surface area contributed by atoms with E-state index in [1.165, 1.54) is 37.9 Å². The second-order valence-corrected chi connectivity index (χ2v) is 8.61. The molecule has 146 valence electrons. The summed E-state index contributed by atoms with van der Waals surface area (Å²) < 4.78 is 0. The lowest BCUT2D eigenvalue weighted by Crippen LogP contribution is -2.37. The molecule has 4 heterocycles. The molecule has 2 saturated heterocycles. The summed E-state index contributed by atoms with van der Waals surface area (Å²) in [6.07, 6.45) is 7.47. The Labute approximate surface area is 170 Å². The highest BCUT2D eigenvalue weighted by molar-refractivity contribution is 6.30. The van der Waals surface area contributed by atoms with Crippen LogP contribution in [0.2, 0.25) is 5.02 Å². The molecule has 1 atom stereocenters. The molecule has 2 aliphatic heterocycles. The number of fused-ring (bicyclic) bond motifs is 1. The number of benzene rings is 1. The van der Waals surface area contributed by atoms with E-state index in [1.54, 1.807) is 6.33 Å². The molecule has 6 heteroatoms. The Hall–Kier alpha value is -2.11. The highest BCUT2D eigenvalue weighted by atomic mass is 35.5. The van der Waals surface area contributed by atoms with Crippen molar-refractivity contribution in [2.45, 2.75) is 25.8 Å². The van der Waals surface area contributed by atoms with Crippen LogP contribution in [0.4, 0.5) is 5.82 Å². The van der Waals surface area contributed by atoms with Gasteiger partial charge in [-0.3, -0.25) is 4.90 Å². The highest BCUT2D eigenvalue weighted by Crippen LogP contribution is 2.34. The zero-order chi connectivity index (χ0) is 18.9. The summed E-state index contributed by atoms with van der Waals surface area (Å²) in [6, 6.07) is 10.4. The van der Waals surface area contributed by atoms with Crippen LogP contribution in [-0.4, -0.2) is 46.0 Å². The molecule has 0 radical (unpaired) electrons. The van der Waals surface area contributed by atoms with E-state index in [0.29, 0.717) is 0 Å². The van der Waals surface area contributed by atoms with Crippen molar-refractivity contribution < 1.29 is 0 Å². The average molecular weight is 396 g/mol. The molecule has 2 aromatic heterocycles. The quantitative estimate of drug-likeness (QED) is 0.713. The van der Waals surface area contributed by atoms with Crippen molar-refractivity contribution in [2.75, 3.05) is 31.1 Å². The largest absolute Gasteiger partial charge is 0.356 e. The molecule has 1 N–H and O–H groups in total. The standard InChI is InChI=1S/C22H26ClN5/c23-19-3-1-16(2-4-19)13-27-10-6-18(14-27)17-7-11-28(12-8-17)22-20-5-9-24-21(20)25-15-26-22/h1-5,9,15,17-18H,6-8,10-14H2,(H,24,25,26). The van der Waals surface area contributed by atoms with Crippen LogP contribution in [0, 0.1) is 11.8 Å². The molecule has 5 nitrogen and oxygen atoms in total. The van der Waals surface area contributed by atoms with Gasteiger partial charge >= 0.3 is 0 Å². The second kappa shape index (κ2) is 7.72. The topological polar surface area (TPSA) is 48.1 Å². The molecule has 28 heavy (non-hydrogen) atoms. The van der Waals surface area contributed by atoms with Crippen molar-refractivity contribution >= 4 is 28.5 Å². The molecular weight excluding hydrogens is 370 g/mol. The predicted molar refractivity (Wildman–Crippen MR) is 114 cm³/mol. The van der Waals surface area contributed by atoms with Crippen molar-refractivity contribution in [3.8, 4) is 0 Å². The Morgan fingerprint density at radius 3 is 2.57 bits per heavy atom. The van der Waals surface area contributed by atoms with E-state index < -0.39 is 0 Å². The van der Waals surface area contributed by atoms with Crippen LogP contribution in [0.1, 0.15) is 24.8 Å². The van der Waals surface area contributed by atoms with Gasteiger partial charge in [-0.05, 0) is 61.4 Å². The minimum Gasteiger partial charge on any atom is -0.356 e. The lowest BCUT2D eigenvalue weighted by Gasteiger charge is -2.35. The normalized spacial score (nSPS) is 21.6. The molecule has 0 spiro atoms. The van der Waals surface area contributed by atoms with Gasteiger partial charge < -0.3 is 9.88 Å². The minimum atomic E-state index is 0.815. The molecule has 3 aromatic rings. The second-order valence-electron chi connectivity index (χ2n) is 8.17. The Bertz CT molecular complexity index is 930. The molecule has 0 bridgehead atoms.